The summed E-state index contributed by atoms with van der Waals surface area (Å²) in [5.41, 5.74) is 7.38. The van der Waals surface area contributed by atoms with Gasteiger partial charge in [0.25, 0.3) is 0 Å². The van der Waals surface area contributed by atoms with Crippen LogP contribution in [0.4, 0.5) is 0 Å². The van der Waals surface area contributed by atoms with Crippen LogP contribution in [0.15, 0.2) is 53.7 Å². The van der Waals surface area contributed by atoms with Crippen LogP contribution in [0.5, 0.6) is 0 Å². The van der Waals surface area contributed by atoms with Crippen molar-refractivity contribution in [2.75, 3.05) is 0 Å². The minimum absolute atomic E-state index is 0.955. The van der Waals surface area contributed by atoms with E-state index in [4.69, 9.17) is 5.26 Å². The lowest BCUT2D eigenvalue weighted by Crippen LogP contribution is -1.89. The van der Waals surface area contributed by atoms with Crippen LogP contribution in [0.2, 0.25) is 0 Å². The Hall–Kier alpha value is -2.33. The average Bonchev–Trinajstić information content (AvgIpc) is 2.43. The Bertz CT molecular complexity index is 662. The molecular formula is C20H23N. The van der Waals surface area contributed by atoms with E-state index in [1.807, 2.05) is 31.2 Å². The van der Waals surface area contributed by atoms with E-state index in [-0.39, 0.29) is 0 Å². The standard InChI is InChI=1S/C20H23N/c1-15(7-6-8-16(2)13-14-21)9-12-20-18(4)11-10-17(3)19(20)5/h6-13H,1-5H3/b8-6+,12-9+,15-7+,16-13+. The summed E-state index contributed by atoms with van der Waals surface area (Å²) in [6.07, 6.45) is 11.8. The second kappa shape index (κ2) is 8.07. The molecule has 1 rings (SSSR count). The molecule has 0 radical (unpaired) electrons. The van der Waals surface area contributed by atoms with Gasteiger partial charge in [-0.3, -0.25) is 0 Å². The minimum Gasteiger partial charge on any atom is -0.193 e. The molecule has 0 fully saturated rings. The van der Waals surface area contributed by atoms with Crippen molar-refractivity contribution < 1.29 is 0 Å². The average molecular weight is 277 g/mol. The Labute approximate surface area is 128 Å². The predicted octanol–water partition coefficient (Wildman–Crippen LogP) is 5.60. The normalized spacial score (nSPS) is 13.1. The van der Waals surface area contributed by atoms with E-state index in [2.05, 4.69) is 52.0 Å². The van der Waals surface area contributed by atoms with E-state index in [0.29, 0.717) is 0 Å². The molecule has 0 bridgehead atoms. The Kier molecular flexibility index (Phi) is 6.43. The lowest BCUT2D eigenvalue weighted by molar-refractivity contribution is 1.28. The number of hydrogen-bond acceptors (Lipinski definition) is 1. The smallest absolute Gasteiger partial charge is 0.0914 e. The fraction of sp³-hybridized carbons (Fsp3) is 0.250. The summed E-state index contributed by atoms with van der Waals surface area (Å²) >= 11 is 0. The Balaban J connectivity index is 2.89. The van der Waals surface area contributed by atoms with Crippen LogP contribution >= 0.6 is 0 Å². The summed E-state index contributed by atoms with van der Waals surface area (Å²) in [5, 5.41) is 8.54. The molecule has 21 heavy (non-hydrogen) atoms. The van der Waals surface area contributed by atoms with Crippen molar-refractivity contribution in [3.05, 3.63) is 75.9 Å². The van der Waals surface area contributed by atoms with Crippen LogP contribution < -0.4 is 0 Å². The summed E-state index contributed by atoms with van der Waals surface area (Å²) in [7, 11) is 0. The highest BCUT2D eigenvalue weighted by Crippen LogP contribution is 2.19. The van der Waals surface area contributed by atoms with Gasteiger partial charge >= 0.3 is 0 Å². The van der Waals surface area contributed by atoms with Crippen molar-refractivity contribution in [1.82, 2.24) is 0 Å². The molecule has 0 aliphatic heterocycles. The van der Waals surface area contributed by atoms with Crippen molar-refractivity contribution in [2.24, 2.45) is 0 Å². The van der Waals surface area contributed by atoms with Crippen LogP contribution in [0.1, 0.15) is 36.1 Å². The second-order valence-corrected chi connectivity index (χ2v) is 5.36. The highest BCUT2D eigenvalue weighted by molar-refractivity contribution is 5.61. The van der Waals surface area contributed by atoms with E-state index in [1.54, 1.807) is 0 Å². The number of allylic oxidation sites excluding steroid dienone is 7. The lowest BCUT2D eigenvalue weighted by Gasteiger charge is -2.08. The molecule has 0 unspecified atom stereocenters. The fourth-order valence-corrected chi connectivity index (χ4v) is 2.00. The highest BCUT2D eigenvalue weighted by Gasteiger charge is 2.01. The first kappa shape index (κ1) is 16.7. The molecule has 0 atom stereocenters. The second-order valence-electron chi connectivity index (χ2n) is 5.36. The summed E-state index contributed by atoms with van der Waals surface area (Å²) in [6.45, 7) is 10.4. The van der Waals surface area contributed by atoms with Crippen LogP contribution in [0.25, 0.3) is 6.08 Å². The molecule has 0 aliphatic rings. The van der Waals surface area contributed by atoms with E-state index in [1.165, 1.54) is 33.9 Å². The van der Waals surface area contributed by atoms with E-state index in [9.17, 15) is 0 Å². The van der Waals surface area contributed by atoms with Gasteiger partial charge in [0.15, 0.2) is 0 Å². The summed E-state index contributed by atoms with van der Waals surface area (Å²) in [6, 6.07) is 6.35. The van der Waals surface area contributed by atoms with Crippen LogP contribution in [-0.4, -0.2) is 0 Å². The third-order valence-corrected chi connectivity index (χ3v) is 3.53. The zero-order chi connectivity index (χ0) is 15.8. The molecule has 108 valence electrons. The Morgan fingerprint density at radius 3 is 2.33 bits per heavy atom. The number of nitrogens with zero attached hydrogens (tertiary/aromatic N) is 1. The quantitative estimate of drug-likeness (QED) is 0.519. The van der Waals surface area contributed by atoms with E-state index >= 15 is 0 Å². The first-order chi connectivity index (χ1) is 9.95. The maximum atomic E-state index is 8.54. The minimum atomic E-state index is 0.955. The molecule has 0 spiro atoms. The molecule has 0 saturated carbocycles. The molecule has 0 aromatic heterocycles. The van der Waals surface area contributed by atoms with Gasteiger partial charge < -0.3 is 0 Å². The van der Waals surface area contributed by atoms with Crippen molar-refractivity contribution in [3.63, 3.8) is 0 Å². The van der Waals surface area contributed by atoms with Gasteiger partial charge in [-0.25, -0.2) is 0 Å². The molecule has 0 N–H and O–H groups in total. The number of rotatable bonds is 4. The van der Waals surface area contributed by atoms with Gasteiger partial charge in [0, 0.05) is 6.08 Å². The molecule has 1 nitrogen and oxygen atoms in total. The predicted molar refractivity (Wildman–Crippen MR) is 92.0 cm³/mol. The van der Waals surface area contributed by atoms with Crippen molar-refractivity contribution in [3.8, 4) is 6.07 Å². The van der Waals surface area contributed by atoms with Crippen LogP contribution in [0.3, 0.4) is 0 Å². The largest absolute Gasteiger partial charge is 0.193 e. The first-order valence-corrected chi connectivity index (χ1v) is 7.12. The molecule has 0 amide bonds. The van der Waals surface area contributed by atoms with Crippen molar-refractivity contribution >= 4 is 6.08 Å². The highest BCUT2D eigenvalue weighted by atomic mass is 14.2. The molecule has 1 heteroatoms. The molecule has 1 aromatic rings. The maximum Gasteiger partial charge on any atom is 0.0914 e. The Morgan fingerprint density at radius 2 is 1.67 bits per heavy atom. The number of hydrogen-bond donors (Lipinski definition) is 0. The Morgan fingerprint density at radius 1 is 1.00 bits per heavy atom. The maximum absolute atomic E-state index is 8.54. The topological polar surface area (TPSA) is 23.8 Å². The van der Waals surface area contributed by atoms with Crippen molar-refractivity contribution in [2.45, 2.75) is 34.6 Å². The van der Waals surface area contributed by atoms with Gasteiger partial charge in [-0.2, -0.15) is 5.26 Å². The summed E-state index contributed by atoms with van der Waals surface area (Å²) in [5.74, 6) is 0. The zero-order valence-electron chi connectivity index (χ0n) is 13.6. The molecule has 0 aliphatic carbocycles. The first-order valence-electron chi connectivity index (χ1n) is 7.12. The molecular weight excluding hydrogens is 254 g/mol. The van der Waals surface area contributed by atoms with Gasteiger partial charge in [0.1, 0.15) is 0 Å². The van der Waals surface area contributed by atoms with Gasteiger partial charge in [-0.1, -0.05) is 48.1 Å². The molecule has 1 aromatic carbocycles. The molecule has 0 heterocycles. The number of nitriles is 1. The third kappa shape index (κ3) is 5.28. The number of benzene rings is 1. The SMILES string of the molecule is CC(/C=C/C=C(C)/C=C/c1c(C)ccc(C)c1C)=C\C#N. The summed E-state index contributed by atoms with van der Waals surface area (Å²) < 4.78 is 0. The monoisotopic (exact) mass is 277 g/mol. The lowest BCUT2D eigenvalue weighted by atomic mass is 9.97. The van der Waals surface area contributed by atoms with E-state index < -0.39 is 0 Å². The van der Waals surface area contributed by atoms with Crippen LogP contribution in [-0.2, 0) is 0 Å². The molecule has 0 saturated heterocycles. The number of aryl methyl sites for hydroxylation is 2. The summed E-state index contributed by atoms with van der Waals surface area (Å²) in [4.78, 5) is 0. The fourth-order valence-electron chi connectivity index (χ4n) is 2.00. The van der Waals surface area contributed by atoms with Gasteiger partial charge in [0.05, 0.1) is 6.07 Å². The van der Waals surface area contributed by atoms with Gasteiger partial charge in [-0.15, -0.1) is 0 Å². The van der Waals surface area contributed by atoms with Crippen molar-refractivity contribution in [1.29, 1.82) is 5.26 Å². The zero-order valence-corrected chi connectivity index (χ0v) is 13.6. The third-order valence-electron chi connectivity index (χ3n) is 3.53. The van der Waals surface area contributed by atoms with Gasteiger partial charge in [-0.05, 0) is 62.4 Å². The van der Waals surface area contributed by atoms with E-state index in [0.717, 1.165) is 5.57 Å². The van der Waals surface area contributed by atoms with Gasteiger partial charge in [0.2, 0.25) is 0 Å². The van der Waals surface area contributed by atoms with Crippen LogP contribution in [0, 0.1) is 32.1 Å².